The highest BCUT2D eigenvalue weighted by atomic mass is 15.0. The number of hydrogen-bond donors (Lipinski definition) is 0. The summed E-state index contributed by atoms with van der Waals surface area (Å²) < 4.78 is 0. The summed E-state index contributed by atoms with van der Waals surface area (Å²) in [5.74, 6) is 1.94. The molecule has 0 amide bonds. The maximum Gasteiger partial charge on any atom is 0.164 e. The first kappa shape index (κ1) is 27.3. The molecule has 46 heavy (non-hydrogen) atoms. The van der Waals surface area contributed by atoms with Gasteiger partial charge in [-0.1, -0.05) is 127 Å². The molecule has 0 fully saturated rings. The predicted molar refractivity (Wildman–Crippen MR) is 188 cm³/mol. The second kappa shape index (κ2) is 12.0. The highest BCUT2D eigenvalue weighted by Gasteiger charge is 2.14. The Bertz CT molecular complexity index is 2240. The molecule has 0 aliphatic heterocycles. The molecule has 8 rings (SSSR count). The van der Waals surface area contributed by atoms with Crippen molar-refractivity contribution >= 4 is 10.8 Å². The van der Waals surface area contributed by atoms with Gasteiger partial charge < -0.3 is 0 Å². The minimum Gasteiger partial charge on any atom is -0.264 e. The highest BCUT2D eigenvalue weighted by Crippen LogP contribution is 2.37. The summed E-state index contributed by atoms with van der Waals surface area (Å²) in [6.45, 7) is 0. The minimum atomic E-state index is 0.638. The molecule has 0 N–H and O–H groups in total. The van der Waals surface area contributed by atoms with Crippen molar-refractivity contribution in [2.75, 3.05) is 0 Å². The second-order valence-electron chi connectivity index (χ2n) is 11.2. The molecule has 0 saturated heterocycles. The van der Waals surface area contributed by atoms with Gasteiger partial charge in [-0.2, -0.15) is 0 Å². The molecular formula is C42H28N4. The van der Waals surface area contributed by atoms with Crippen LogP contribution in [0.5, 0.6) is 0 Å². The van der Waals surface area contributed by atoms with E-state index in [0.717, 1.165) is 50.1 Å². The summed E-state index contributed by atoms with van der Waals surface area (Å²) in [5.41, 5.74) is 9.63. The molecule has 0 aliphatic carbocycles. The van der Waals surface area contributed by atoms with Gasteiger partial charge in [0.15, 0.2) is 17.5 Å². The van der Waals surface area contributed by atoms with E-state index in [1.54, 1.807) is 6.20 Å². The molecule has 0 spiro atoms. The van der Waals surface area contributed by atoms with Crippen molar-refractivity contribution in [2.45, 2.75) is 0 Å². The Labute approximate surface area is 267 Å². The SMILES string of the molecule is c1ccc(-c2nc(-c3ccccc3)nc(-c3cccc(-c4cc(-c5cccc(-c6cccnc6)c5)cc5ccccc45)c3)n2)cc1. The number of aromatic nitrogens is 4. The van der Waals surface area contributed by atoms with Crippen LogP contribution in [0.25, 0.3) is 78.3 Å². The second-order valence-corrected chi connectivity index (χ2v) is 11.2. The molecule has 216 valence electrons. The van der Waals surface area contributed by atoms with Crippen molar-refractivity contribution in [2.24, 2.45) is 0 Å². The first-order chi connectivity index (χ1) is 22.8. The predicted octanol–water partition coefficient (Wildman–Crippen LogP) is 10.4. The average Bonchev–Trinajstić information content (AvgIpc) is 3.15. The van der Waals surface area contributed by atoms with Crippen LogP contribution in [0.4, 0.5) is 0 Å². The zero-order valence-electron chi connectivity index (χ0n) is 25.0. The summed E-state index contributed by atoms with van der Waals surface area (Å²) >= 11 is 0. The van der Waals surface area contributed by atoms with Crippen LogP contribution in [-0.4, -0.2) is 19.9 Å². The molecule has 0 radical (unpaired) electrons. The Kier molecular flexibility index (Phi) is 7.14. The molecular weight excluding hydrogens is 560 g/mol. The van der Waals surface area contributed by atoms with E-state index in [1.807, 2.05) is 72.9 Å². The Morgan fingerprint density at radius 2 is 0.848 bits per heavy atom. The van der Waals surface area contributed by atoms with E-state index in [0.29, 0.717) is 17.5 Å². The van der Waals surface area contributed by atoms with Crippen molar-refractivity contribution in [1.29, 1.82) is 0 Å². The van der Waals surface area contributed by atoms with Gasteiger partial charge in [-0.3, -0.25) is 4.98 Å². The quantitative estimate of drug-likeness (QED) is 0.194. The van der Waals surface area contributed by atoms with Gasteiger partial charge in [0.2, 0.25) is 0 Å². The third-order valence-corrected chi connectivity index (χ3v) is 8.18. The number of pyridine rings is 1. The standard InChI is InChI=1S/C42H28N4/c1-3-12-29(13-4-1)40-44-41(30-14-5-2-6-15-30)46-42(45-40)35-20-10-19-34(25-35)39-27-37(26-33-16-7-8-22-38(33)39)32-18-9-17-31(24-32)36-21-11-23-43-28-36/h1-28H. The first-order valence-electron chi connectivity index (χ1n) is 15.3. The molecule has 0 bridgehead atoms. The van der Waals surface area contributed by atoms with E-state index in [2.05, 4.69) is 96.0 Å². The minimum absolute atomic E-state index is 0.638. The Morgan fingerprint density at radius 1 is 0.326 bits per heavy atom. The molecule has 4 nitrogen and oxygen atoms in total. The van der Waals surface area contributed by atoms with Crippen LogP contribution in [0.3, 0.4) is 0 Å². The number of hydrogen-bond acceptors (Lipinski definition) is 4. The fourth-order valence-corrected chi connectivity index (χ4v) is 5.89. The average molecular weight is 589 g/mol. The van der Waals surface area contributed by atoms with Crippen LogP contribution in [0.15, 0.2) is 170 Å². The van der Waals surface area contributed by atoms with Gasteiger partial charge >= 0.3 is 0 Å². The van der Waals surface area contributed by atoms with Crippen molar-refractivity contribution in [3.8, 4) is 67.5 Å². The van der Waals surface area contributed by atoms with E-state index in [1.165, 1.54) is 10.8 Å². The lowest BCUT2D eigenvalue weighted by atomic mass is 9.91. The van der Waals surface area contributed by atoms with Gasteiger partial charge in [-0.05, 0) is 68.9 Å². The third kappa shape index (κ3) is 5.44. The monoisotopic (exact) mass is 588 g/mol. The number of nitrogens with zero attached hydrogens (tertiary/aromatic N) is 4. The van der Waals surface area contributed by atoms with E-state index in [-0.39, 0.29) is 0 Å². The number of rotatable bonds is 6. The van der Waals surface area contributed by atoms with Crippen molar-refractivity contribution in [3.05, 3.63) is 170 Å². The lowest BCUT2D eigenvalue weighted by Gasteiger charge is -2.13. The summed E-state index contributed by atoms with van der Waals surface area (Å²) in [6, 6.07) is 54.5. The van der Waals surface area contributed by atoms with Crippen LogP contribution in [0.1, 0.15) is 0 Å². The first-order valence-corrected chi connectivity index (χ1v) is 15.3. The highest BCUT2D eigenvalue weighted by molar-refractivity contribution is 6.00. The van der Waals surface area contributed by atoms with Gasteiger partial charge in [-0.15, -0.1) is 0 Å². The van der Waals surface area contributed by atoms with Crippen LogP contribution >= 0.6 is 0 Å². The molecule has 8 aromatic rings. The van der Waals surface area contributed by atoms with Crippen molar-refractivity contribution in [1.82, 2.24) is 19.9 Å². The van der Waals surface area contributed by atoms with Crippen LogP contribution in [0, 0.1) is 0 Å². The molecule has 0 atom stereocenters. The summed E-state index contributed by atoms with van der Waals surface area (Å²) in [6.07, 6.45) is 3.71. The van der Waals surface area contributed by atoms with Gasteiger partial charge in [-0.25, -0.2) is 15.0 Å². The Balaban J connectivity index is 1.27. The van der Waals surface area contributed by atoms with Crippen molar-refractivity contribution < 1.29 is 0 Å². The lowest BCUT2D eigenvalue weighted by molar-refractivity contribution is 1.07. The molecule has 6 aromatic carbocycles. The van der Waals surface area contributed by atoms with Crippen LogP contribution in [0.2, 0.25) is 0 Å². The molecule has 2 aromatic heterocycles. The largest absolute Gasteiger partial charge is 0.264 e. The maximum atomic E-state index is 4.97. The van der Waals surface area contributed by atoms with Gasteiger partial charge in [0.05, 0.1) is 0 Å². The maximum absolute atomic E-state index is 4.97. The number of fused-ring (bicyclic) bond motifs is 1. The third-order valence-electron chi connectivity index (χ3n) is 8.18. The molecule has 4 heteroatoms. The fraction of sp³-hybridized carbons (Fsp3) is 0. The molecule has 0 unspecified atom stereocenters. The fourth-order valence-electron chi connectivity index (χ4n) is 5.89. The van der Waals surface area contributed by atoms with E-state index in [4.69, 9.17) is 15.0 Å². The zero-order chi connectivity index (χ0) is 30.7. The topological polar surface area (TPSA) is 51.6 Å². The molecule has 0 saturated carbocycles. The Hall–Kier alpha value is -6.26. The molecule has 2 heterocycles. The van der Waals surface area contributed by atoms with Crippen LogP contribution < -0.4 is 0 Å². The summed E-state index contributed by atoms with van der Waals surface area (Å²) in [4.78, 5) is 19.1. The Morgan fingerprint density at radius 3 is 1.52 bits per heavy atom. The smallest absolute Gasteiger partial charge is 0.164 e. The molecule has 0 aliphatic rings. The van der Waals surface area contributed by atoms with E-state index in [9.17, 15) is 0 Å². The number of benzene rings is 6. The zero-order valence-corrected chi connectivity index (χ0v) is 25.0. The van der Waals surface area contributed by atoms with Crippen molar-refractivity contribution in [3.63, 3.8) is 0 Å². The van der Waals surface area contributed by atoms with E-state index < -0.39 is 0 Å². The van der Waals surface area contributed by atoms with Gasteiger partial charge in [0, 0.05) is 34.6 Å². The van der Waals surface area contributed by atoms with Crippen LogP contribution in [-0.2, 0) is 0 Å². The normalized spacial score (nSPS) is 11.0. The summed E-state index contributed by atoms with van der Waals surface area (Å²) in [7, 11) is 0. The van der Waals surface area contributed by atoms with E-state index >= 15 is 0 Å². The lowest BCUT2D eigenvalue weighted by Crippen LogP contribution is -2.00. The summed E-state index contributed by atoms with van der Waals surface area (Å²) in [5, 5.41) is 2.38. The van der Waals surface area contributed by atoms with Gasteiger partial charge in [0.1, 0.15) is 0 Å². The van der Waals surface area contributed by atoms with Gasteiger partial charge in [0.25, 0.3) is 0 Å².